The van der Waals surface area contributed by atoms with E-state index in [0.717, 1.165) is 37.0 Å². The van der Waals surface area contributed by atoms with E-state index in [1.54, 1.807) is 0 Å². The monoisotopic (exact) mass is 570 g/mol. The third kappa shape index (κ3) is 7.03. The summed E-state index contributed by atoms with van der Waals surface area (Å²) in [6.07, 6.45) is 3.34. The lowest BCUT2D eigenvalue weighted by atomic mass is 9.87. The van der Waals surface area contributed by atoms with Gasteiger partial charge in [0.1, 0.15) is 10.8 Å². The zero-order valence-electron chi connectivity index (χ0n) is 23.8. The number of amides is 1. The maximum atomic E-state index is 12.9. The molecule has 0 radical (unpaired) electrons. The molecule has 1 amide bonds. The lowest BCUT2D eigenvalue weighted by molar-refractivity contribution is -0.113. The van der Waals surface area contributed by atoms with E-state index in [4.69, 9.17) is 9.47 Å². The van der Waals surface area contributed by atoms with E-state index in [1.807, 2.05) is 44.5 Å². The molecule has 0 saturated heterocycles. The van der Waals surface area contributed by atoms with Crippen LogP contribution in [0.3, 0.4) is 0 Å². The maximum absolute atomic E-state index is 12.9. The number of aryl methyl sites for hydroxylation is 1. The Morgan fingerprint density at radius 2 is 1.79 bits per heavy atom. The predicted molar refractivity (Wildman–Crippen MR) is 156 cm³/mol. The molecule has 1 N–H and O–H groups in total. The zero-order valence-corrected chi connectivity index (χ0v) is 25.4. The Bertz CT molecular complexity index is 1320. The number of fused-ring (bicyclic) bond motifs is 1. The first-order valence-electron chi connectivity index (χ1n) is 13.4. The Kier molecular flexibility index (Phi) is 9.06. The number of nitrogens with zero attached hydrogens (tertiary/aromatic N) is 3. The summed E-state index contributed by atoms with van der Waals surface area (Å²) in [5.74, 6) is 0.994. The Balaban J connectivity index is 1.39. The third-order valence-electron chi connectivity index (χ3n) is 6.57. The lowest BCUT2D eigenvalue weighted by Gasteiger charge is -2.20. The van der Waals surface area contributed by atoms with E-state index < -0.39 is 0 Å². The average Bonchev–Trinajstić information content (AvgIpc) is 3.41. The van der Waals surface area contributed by atoms with Crippen molar-refractivity contribution in [2.45, 2.75) is 90.0 Å². The maximum Gasteiger partial charge on any atom is 0.341 e. The smallest absolute Gasteiger partial charge is 0.341 e. The minimum absolute atomic E-state index is 0.0774. The van der Waals surface area contributed by atoms with Crippen LogP contribution in [0.2, 0.25) is 0 Å². The van der Waals surface area contributed by atoms with Crippen molar-refractivity contribution in [2.75, 3.05) is 11.1 Å². The molecule has 4 rings (SSSR count). The molecule has 8 nitrogen and oxygen atoms in total. The van der Waals surface area contributed by atoms with Gasteiger partial charge in [-0.15, -0.1) is 21.5 Å². The number of thiophene rings is 1. The van der Waals surface area contributed by atoms with Gasteiger partial charge in [0.15, 0.2) is 17.1 Å². The molecule has 0 saturated carbocycles. The molecule has 0 fully saturated rings. The lowest BCUT2D eigenvalue weighted by Crippen LogP contribution is -2.19. The van der Waals surface area contributed by atoms with Gasteiger partial charge in [-0.2, -0.15) is 0 Å². The number of hydrogen-bond donors (Lipinski definition) is 1. The van der Waals surface area contributed by atoms with Crippen LogP contribution < -0.4 is 10.1 Å². The highest BCUT2D eigenvalue weighted by molar-refractivity contribution is 7.99. The van der Waals surface area contributed by atoms with Crippen LogP contribution in [-0.4, -0.2) is 38.5 Å². The molecule has 0 bridgehead atoms. The first kappa shape index (κ1) is 29.1. The van der Waals surface area contributed by atoms with Gasteiger partial charge in [0.05, 0.1) is 17.4 Å². The average molecular weight is 571 g/mol. The second-order valence-corrected chi connectivity index (χ2v) is 13.2. The zero-order chi connectivity index (χ0) is 28.3. The quantitative estimate of drug-likeness (QED) is 0.232. The Morgan fingerprint density at radius 3 is 2.46 bits per heavy atom. The fourth-order valence-corrected chi connectivity index (χ4v) is 6.54. The van der Waals surface area contributed by atoms with Crippen molar-refractivity contribution in [2.24, 2.45) is 7.05 Å². The van der Waals surface area contributed by atoms with Gasteiger partial charge >= 0.3 is 5.97 Å². The second-order valence-electron chi connectivity index (χ2n) is 11.1. The largest absolute Gasteiger partial charge is 0.483 e. The number of carbonyl (C=O) groups excluding carboxylic acids is 2. The Morgan fingerprint density at radius 1 is 1.10 bits per heavy atom. The highest BCUT2D eigenvalue weighted by Crippen LogP contribution is 2.39. The number of hydrogen-bond acceptors (Lipinski definition) is 8. The molecule has 39 heavy (non-hydrogen) atoms. The van der Waals surface area contributed by atoms with Gasteiger partial charge in [-0.1, -0.05) is 44.7 Å². The third-order valence-corrected chi connectivity index (χ3v) is 8.80. The number of rotatable bonds is 9. The molecule has 1 aliphatic rings. The van der Waals surface area contributed by atoms with Crippen molar-refractivity contribution in [1.82, 2.24) is 14.8 Å². The summed E-state index contributed by atoms with van der Waals surface area (Å²) >= 11 is 2.78. The van der Waals surface area contributed by atoms with Gasteiger partial charge in [0, 0.05) is 11.9 Å². The number of benzene rings is 1. The van der Waals surface area contributed by atoms with Crippen LogP contribution in [0.15, 0.2) is 29.4 Å². The van der Waals surface area contributed by atoms with E-state index in [0.29, 0.717) is 21.5 Å². The fourth-order valence-electron chi connectivity index (χ4n) is 4.53. The standard InChI is InChI=1S/C29H38N4O4S2/c1-17(2)36-27(35)24-21-10-8-9-11-22(21)39-26(24)30-23(34)16-38-28-32-31-25(33(28)7)18(3)37-20-14-12-19(13-15-20)29(4,5)6/h12-15,17-18H,8-11,16H2,1-7H3,(H,30,34). The summed E-state index contributed by atoms with van der Waals surface area (Å²) in [7, 11) is 1.87. The summed E-state index contributed by atoms with van der Waals surface area (Å²) < 4.78 is 13.5. The SMILES string of the molecule is CC(C)OC(=O)c1c(NC(=O)CSc2nnc(C(C)Oc3ccc(C(C)(C)C)cc3)n2C)sc2c1CCCC2. The van der Waals surface area contributed by atoms with Crippen LogP contribution in [-0.2, 0) is 34.8 Å². The highest BCUT2D eigenvalue weighted by Gasteiger charge is 2.28. The van der Waals surface area contributed by atoms with Gasteiger partial charge in [-0.3, -0.25) is 4.79 Å². The first-order valence-corrected chi connectivity index (χ1v) is 15.2. The van der Waals surface area contributed by atoms with Gasteiger partial charge in [-0.25, -0.2) is 4.79 Å². The fraction of sp³-hybridized carbons (Fsp3) is 0.517. The summed E-state index contributed by atoms with van der Waals surface area (Å²) in [6.45, 7) is 12.1. The molecule has 1 unspecified atom stereocenters. The Hall–Kier alpha value is -2.85. The molecule has 3 aromatic rings. The van der Waals surface area contributed by atoms with Gasteiger partial charge in [0.25, 0.3) is 0 Å². The molecule has 1 atom stereocenters. The van der Waals surface area contributed by atoms with Crippen molar-refractivity contribution in [3.05, 3.63) is 51.7 Å². The molecule has 210 valence electrons. The molecule has 0 spiro atoms. The van der Waals surface area contributed by atoms with Crippen LogP contribution in [0.5, 0.6) is 5.75 Å². The normalized spacial score (nSPS) is 14.2. The number of esters is 1. The van der Waals surface area contributed by atoms with Crippen molar-refractivity contribution < 1.29 is 19.1 Å². The van der Waals surface area contributed by atoms with E-state index in [-0.39, 0.29) is 35.3 Å². The summed E-state index contributed by atoms with van der Waals surface area (Å²) in [5, 5.41) is 12.8. The van der Waals surface area contributed by atoms with Gasteiger partial charge in [-0.05, 0) is 75.1 Å². The van der Waals surface area contributed by atoms with Crippen LogP contribution in [0.1, 0.15) is 92.7 Å². The predicted octanol–water partition coefficient (Wildman–Crippen LogP) is 6.49. The Labute approximate surface area is 238 Å². The van der Waals surface area contributed by atoms with Gasteiger partial charge in [0.2, 0.25) is 5.91 Å². The van der Waals surface area contributed by atoms with E-state index in [2.05, 4.69) is 48.4 Å². The molecular weight excluding hydrogens is 532 g/mol. The van der Waals surface area contributed by atoms with E-state index >= 15 is 0 Å². The number of aromatic nitrogens is 3. The van der Waals surface area contributed by atoms with Crippen molar-refractivity contribution in [3.63, 3.8) is 0 Å². The van der Waals surface area contributed by atoms with Crippen LogP contribution >= 0.6 is 23.1 Å². The highest BCUT2D eigenvalue weighted by atomic mass is 32.2. The molecule has 1 aliphatic carbocycles. The second kappa shape index (κ2) is 12.1. The van der Waals surface area contributed by atoms with Crippen molar-refractivity contribution in [1.29, 1.82) is 0 Å². The number of anilines is 1. The first-order chi connectivity index (χ1) is 18.4. The molecule has 10 heteroatoms. The van der Waals surface area contributed by atoms with Crippen LogP contribution in [0.4, 0.5) is 5.00 Å². The molecule has 2 heterocycles. The number of nitrogens with one attached hydrogen (secondary N) is 1. The summed E-state index contributed by atoms with van der Waals surface area (Å²) in [6, 6.07) is 8.11. The summed E-state index contributed by atoms with van der Waals surface area (Å²) in [5.41, 5.74) is 2.86. The minimum atomic E-state index is -0.368. The minimum Gasteiger partial charge on any atom is -0.483 e. The molecule has 1 aromatic carbocycles. The topological polar surface area (TPSA) is 95.3 Å². The van der Waals surface area contributed by atoms with E-state index in [1.165, 1.54) is 33.5 Å². The van der Waals surface area contributed by atoms with E-state index in [9.17, 15) is 9.59 Å². The van der Waals surface area contributed by atoms with Crippen molar-refractivity contribution in [3.8, 4) is 5.75 Å². The molecule has 0 aliphatic heterocycles. The molecular formula is C29H38N4O4S2. The van der Waals surface area contributed by atoms with Gasteiger partial charge < -0.3 is 19.4 Å². The number of ether oxygens (including phenoxy) is 2. The molecule has 2 aromatic heterocycles. The van der Waals surface area contributed by atoms with Crippen LogP contribution in [0.25, 0.3) is 0 Å². The van der Waals surface area contributed by atoms with Crippen molar-refractivity contribution >= 4 is 40.0 Å². The number of carbonyl (C=O) groups is 2. The summed E-state index contributed by atoms with van der Waals surface area (Å²) in [4.78, 5) is 27.0. The number of thioether (sulfide) groups is 1. The van der Waals surface area contributed by atoms with Crippen LogP contribution in [0, 0.1) is 0 Å².